The lowest BCUT2D eigenvalue weighted by Crippen LogP contribution is -2.70. The third-order valence-electron chi connectivity index (χ3n) is 4.51. The number of carbonyl (C=O) groups is 1. The molecular formula is C14H27N3O. The summed E-state index contributed by atoms with van der Waals surface area (Å²) in [6, 6.07) is 0.418. The molecule has 104 valence electrons. The average molecular weight is 253 g/mol. The maximum absolute atomic E-state index is 12.3. The number of nitrogens with two attached hydrogens (primary N) is 1. The largest absolute Gasteiger partial charge is 0.343 e. The highest BCUT2D eigenvalue weighted by Crippen LogP contribution is 2.33. The Kier molecular flexibility index (Phi) is 3.97. The van der Waals surface area contributed by atoms with Crippen molar-refractivity contribution < 1.29 is 4.79 Å². The van der Waals surface area contributed by atoms with Gasteiger partial charge >= 0.3 is 0 Å². The van der Waals surface area contributed by atoms with Gasteiger partial charge in [-0.15, -0.1) is 0 Å². The van der Waals surface area contributed by atoms with E-state index in [4.69, 9.17) is 5.73 Å². The molecule has 0 aromatic carbocycles. The zero-order valence-electron chi connectivity index (χ0n) is 12.0. The first kappa shape index (κ1) is 13.8. The van der Waals surface area contributed by atoms with E-state index < -0.39 is 0 Å². The minimum absolute atomic E-state index is 0.0364. The number of rotatable bonds is 2. The summed E-state index contributed by atoms with van der Waals surface area (Å²) in [4.78, 5) is 16.6. The van der Waals surface area contributed by atoms with Gasteiger partial charge in [-0.1, -0.05) is 19.3 Å². The summed E-state index contributed by atoms with van der Waals surface area (Å²) in [7, 11) is 1.89. The molecule has 0 bridgehead atoms. The predicted octanol–water partition coefficient (Wildman–Crippen LogP) is 1.20. The molecule has 1 amide bonds. The molecule has 1 heterocycles. The Balaban J connectivity index is 2.24. The summed E-state index contributed by atoms with van der Waals surface area (Å²) in [6.07, 6.45) is 6.36. The van der Waals surface area contributed by atoms with E-state index >= 15 is 0 Å². The van der Waals surface area contributed by atoms with E-state index in [2.05, 4.69) is 18.7 Å². The second kappa shape index (κ2) is 5.17. The van der Waals surface area contributed by atoms with E-state index in [1.54, 1.807) is 0 Å². The van der Waals surface area contributed by atoms with Crippen LogP contribution in [-0.2, 0) is 4.79 Å². The van der Waals surface area contributed by atoms with Gasteiger partial charge in [0.2, 0.25) is 5.91 Å². The van der Waals surface area contributed by atoms with Gasteiger partial charge < -0.3 is 10.6 Å². The monoisotopic (exact) mass is 253 g/mol. The van der Waals surface area contributed by atoms with Gasteiger partial charge in [-0.2, -0.15) is 0 Å². The Morgan fingerprint density at radius 2 is 1.89 bits per heavy atom. The van der Waals surface area contributed by atoms with E-state index in [0.29, 0.717) is 12.6 Å². The lowest BCUT2D eigenvalue weighted by atomic mass is 9.86. The third-order valence-corrected chi connectivity index (χ3v) is 4.51. The van der Waals surface area contributed by atoms with Crippen LogP contribution in [0.5, 0.6) is 0 Å². The van der Waals surface area contributed by atoms with Crippen LogP contribution in [0.2, 0.25) is 0 Å². The molecule has 2 fully saturated rings. The molecule has 18 heavy (non-hydrogen) atoms. The van der Waals surface area contributed by atoms with Crippen molar-refractivity contribution in [2.75, 3.05) is 20.1 Å². The number of carbonyl (C=O) groups excluding carboxylic acids is 1. The zero-order valence-corrected chi connectivity index (χ0v) is 12.0. The second-order valence-corrected chi connectivity index (χ2v) is 6.46. The van der Waals surface area contributed by atoms with Crippen molar-refractivity contribution in [1.29, 1.82) is 0 Å². The molecule has 1 atom stereocenters. The Morgan fingerprint density at radius 3 is 2.44 bits per heavy atom. The molecule has 1 saturated carbocycles. The Hall–Kier alpha value is -0.610. The van der Waals surface area contributed by atoms with Crippen LogP contribution >= 0.6 is 0 Å². The van der Waals surface area contributed by atoms with Crippen LogP contribution in [-0.4, -0.2) is 53.5 Å². The summed E-state index contributed by atoms with van der Waals surface area (Å²) in [5.74, 6) is 0.197. The first-order valence-electron chi connectivity index (χ1n) is 7.21. The molecule has 1 saturated heterocycles. The van der Waals surface area contributed by atoms with Crippen molar-refractivity contribution in [3.63, 3.8) is 0 Å². The van der Waals surface area contributed by atoms with Gasteiger partial charge in [0.1, 0.15) is 6.04 Å². The van der Waals surface area contributed by atoms with Gasteiger partial charge in [0.25, 0.3) is 0 Å². The Morgan fingerprint density at radius 1 is 1.28 bits per heavy atom. The van der Waals surface area contributed by atoms with Crippen LogP contribution < -0.4 is 5.73 Å². The zero-order chi connectivity index (χ0) is 13.3. The lowest BCUT2D eigenvalue weighted by molar-refractivity contribution is -0.151. The summed E-state index contributed by atoms with van der Waals surface area (Å²) in [6.45, 7) is 5.72. The van der Waals surface area contributed by atoms with E-state index in [9.17, 15) is 4.79 Å². The number of likely N-dealkylation sites (N-methyl/N-ethyl adjacent to an activating group) is 1. The van der Waals surface area contributed by atoms with Crippen LogP contribution in [0.25, 0.3) is 0 Å². The Bertz CT molecular complexity index is 310. The quantitative estimate of drug-likeness (QED) is 0.804. The number of nitrogens with zero attached hydrogens (tertiary/aromatic N) is 2. The van der Waals surface area contributed by atoms with Crippen LogP contribution in [0.1, 0.15) is 46.0 Å². The highest BCUT2D eigenvalue weighted by Gasteiger charge is 2.46. The molecule has 1 unspecified atom stereocenters. The van der Waals surface area contributed by atoms with Gasteiger partial charge in [0.15, 0.2) is 0 Å². The molecule has 0 aromatic rings. The SMILES string of the molecule is CN1CC(C)(C)N(C2CCCCC2)C(CN)C1=O. The van der Waals surface area contributed by atoms with Crippen LogP contribution in [0, 0.1) is 0 Å². The molecule has 0 spiro atoms. The maximum Gasteiger partial charge on any atom is 0.241 e. The normalized spacial score (nSPS) is 30.8. The molecule has 4 heteroatoms. The molecule has 2 rings (SSSR count). The fraction of sp³-hybridized carbons (Fsp3) is 0.929. The second-order valence-electron chi connectivity index (χ2n) is 6.46. The molecule has 4 nitrogen and oxygen atoms in total. The van der Waals surface area contributed by atoms with Crippen molar-refractivity contribution in [3.8, 4) is 0 Å². The van der Waals surface area contributed by atoms with Gasteiger partial charge in [-0.05, 0) is 26.7 Å². The Labute approximate surface area is 110 Å². The van der Waals surface area contributed by atoms with Crippen molar-refractivity contribution >= 4 is 5.91 Å². The number of piperazine rings is 1. The summed E-state index contributed by atoms with van der Waals surface area (Å²) in [5.41, 5.74) is 5.92. The maximum atomic E-state index is 12.3. The van der Waals surface area contributed by atoms with Gasteiger partial charge in [0, 0.05) is 31.7 Å². The molecule has 2 N–H and O–H groups in total. The smallest absolute Gasteiger partial charge is 0.241 e. The number of hydrogen-bond donors (Lipinski definition) is 1. The summed E-state index contributed by atoms with van der Waals surface area (Å²) >= 11 is 0. The van der Waals surface area contributed by atoms with Crippen LogP contribution in [0.4, 0.5) is 0 Å². The minimum Gasteiger partial charge on any atom is -0.343 e. The minimum atomic E-state index is -0.123. The van der Waals surface area contributed by atoms with E-state index in [0.717, 1.165) is 6.54 Å². The van der Waals surface area contributed by atoms with Crippen LogP contribution in [0.3, 0.4) is 0 Å². The first-order valence-corrected chi connectivity index (χ1v) is 7.21. The van der Waals surface area contributed by atoms with Gasteiger partial charge in [-0.25, -0.2) is 0 Å². The predicted molar refractivity (Wildman–Crippen MR) is 73.3 cm³/mol. The molecule has 1 aliphatic carbocycles. The fourth-order valence-electron chi connectivity index (χ4n) is 3.86. The van der Waals surface area contributed by atoms with Gasteiger partial charge in [-0.3, -0.25) is 9.69 Å². The number of hydrogen-bond acceptors (Lipinski definition) is 3. The van der Waals surface area contributed by atoms with Crippen molar-refractivity contribution in [2.24, 2.45) is 5.73 Å². The molecule has 0 aromatic heterocycles. The molecule has 1 aliphatic heterocycles. The van der Waals surface area contributed by atoms with Crippen molar-refractivity contribution in [1.82, 2.24) is 9.80 Å². The molecule has 2 aliphatic rings. The first-order chi connectivity index (χ1) is 8.47. The summed E-state index contributed by atoms with van der Waals surface area (Å²) < 4.78 is 0. The molecule has 0 radical (unpaired) electrons. The van der Waals surface area contributed by atoms with Crippen molar-refractivity contribution in [3.05, 3.63) is 0 Å². The highest BCUT2D eigenvalue weighted by atomic mass is 16.2. The van der Waals surface area contributed by atoms with Crippen LogP contribution in [0.15, 0.2) is 0 Å². The summed E-state index contributed by atoms with van der Waals surface area (Å²) in [5, 5.41) is 0. The lowest BCUT2D eigenvalue weighted by Gasteiger charge is -2.54. The molecular weight excluding hydrogens is 226 g/mol. The standard InChI is InChI=1S/C14H27N3O/c1-14(2)10-16(3)13(18)12(9-15)17(14)11-7-5-4-6-8-11/h11-12H,4-10,15H2,1-3H3. The third kappa shape index (κ3) is 2.41. The number of amides is 1. The van der Waals surface area contributed by atoms with Gasteiger partial charge in [0.05, 0.1) is 0 Å². The average Bonchev–Trinajstić information content (AvgIpc) is 2.33. The highest BCUT2D eigenvalue weighted by molar-refractivity contribution is 5.83. The van der Waals surface area contributed by atoms with E-state index in [1.165, 1.54) is 32.1 Å². The van der Waals surface area contributed by atoms with E-state index in [1.807, 2.05) is 11.9 Å². The van der Waals surface area contributed by atoms with Crippen molar-refractivity contribution in [2.45, 2.75) is 63.6 Å². The topological polar surface area (TPSA) is 49.6 Å². The fourth-order valence-corrected chi connectivity index (χ4v) is 3.86. The van der Waals surface area contributed by atoms with E-state index in [-0.39, 0.29) is 17.5 Å².